The molecule has 0 radical (unpaired) electrons. The van der Waals surface area contributed by atoms with Crippen molar-refractivity contribution < 1.29 is 4.79 Å². The number of carbonyl (C=O) groups excluding carboxylic acids is 1. The second-order valence-corrected chi connectivity index (χ2v) is 7.79. The standard InChI is InChI=1S/C17H20N2OS2/c1-2-21-17-18-13(11-22-17)10-16(20)19-15-9-5-7-12-6-3-4-8-14(12)15/h3-4,6,8,11,15H,2,5,7,9-10H2,1H3,(H,19,20). The maximum absolute atomic E-state index is 12.3. The highest BCUT2D eigenvalue weighted by atomic mass is 32.2. The van der Waals surface area contributed by atoms with Crippen LogP contribution in [0.15, 0.2) is 34.0 Å². The van der Waals surface area contributed by atoms with Gasteiger partial charge in [-0.25, -0.2) is 4.98 Å². The molecule has 1 aromatic heterocycles. The van der Waals surface area contributed by atoms with Crippen molar-refractivity contribution in [2.24, 2.45) is 0 Å². The summed E-state index contributed by atoms with van der Waals surface area (Å²) in [4.78, 5) is 16.8. The van der Waals surface area contributed by atoms with Gasteiger partial charge in [-0.15, -0.1) is 11.3 Å². The fraction of sp³-hybridized carbons (Fsp3) is 0.412. The number of fused-ring (bicyclic) bond motifs is 1. The van der Waals surface area contributed by atoms with Gasteiger partial charge >= 0.3 is 0 Å². The van der Waals surface area contributed by atoms with E-state index in [1.807, 2.05) is 5.38 Å². The lowest BCUT2D eigenvalue weighted by Gasteiger charge is -2.26. The number of benzene rings is 1. The van der Waals surface area contributed by atoms with Crippen LogP contribution in [0.5, 0.6) is 0 Å². The quantitative estimate of drug-likeness (QED) is 0.842. The average Bonchev–Trinajstić information content (AvgIpc) is 2.95. The number of thioether (sulfide) groups is 1. The van der Waals surface area contributed by atoms with Gasteiger partial charge in [0.25, 0.3) is 0 Å². The van der Waals surface area contributed by atoms with Crippen LogP contribution < -0.4 is 5.32 Å². The molecule has 1 aromatic carbocycles. The van der Waals surface area contributed by atoms with Crippen LogP contribution in [0.3, 0.4) is 0 Å². The Balaban J connectivity index is 1.62. The Morgan fingerprint density at radius 1 is 1.45 bits per heavy atom. The molecule has 1 aliphatic rings. The van der Waals surface area contributed by atoms with Gasteiger partial charge in [0.2, 0.25) is 5.91 Å². The third kappa shape index (κ3) is 3.70. The molecule has 0 fully saturated rings. The van der Waals surface area contributed by atoms with E-state index in [0.29, 0.717) is 6.42 Å². The molecule has 1 N–H and O–H groups in total. The zero-order valence-electron chi connectivity index (χ0n) is 12.7. The van der Waals surface area contributed by atoms with E-state index < -0.39 is 0 Å². The first-order valence-corrected chi connectivity index (χ1v) is 9.57. The van der Waals surface area contributed by atoms with Gasteiger partial charge in [0.1, 0.15) is 4.34 Å². The first-order valence-electron chi connectivity index (χ1n) is 7.70. The summed E-state index contributed by atoms with van der Waals surface area (Å²) in [5.74, 6) is 1.08. The topological polar surface area (TPSA) is 42.0 Å². The summed E-state index contributed by atoms with van der Waals surface area (Å²) in [7, 11) is 0. The van der Waals surface area contributed by atoms with Crippen molar-refractivity contribution >= 4 is 29.0 Å². The third-order valence-electron chi connectivity index (χ3n) is 3.84. The summed E-state index contributed by atoms with van der Waals surface area (Å²) in [5.41, 5.74) is 3.53. The summed E-state index contributed by atoms with van der Waals surface area (Å²) >= 11 is 3.35. The molecule has 0 bridgehead atoms. The largest absolute Gasteiger partial charge is 0.349 e. The minimum atomic E-state index is 0.0695. The van der Waals surface area contributed by atoms with Gasteiger partial charge in [-0.2, -0.15) is 0 Å². The predicted molar refractivity (Wildman–Crippen MR) is 92.5 cm³/mol. The normalized spacial score (nSPS) is 17.0. The number of hydrogen-bond acceptors (Lipinski definition) is 4. The Bertz CT molecular complexity index is 654. The van der Waals surface area contributed by atoms with Crippen LogP contribution in [0.25, 0.3) is 0 Å². The summed E-state index contributed by atoms with van der Waals surface area (Å²) in [6, 6.07) is 8.59. The molecule has 1 heterocycles. The van der Waals surface area contributed by atoms with E-state index in [-0.39, 0.29) is 11.9 Å². The Labute approximate surface area is 139 Å². The lowest BCUT2D eigenvalue weighted by molar-refractivity contribution is -0.121. The monoisotopic (exact) mass is 332 g/mol. The Hall–Kier alpha value is -1.33. The molecule has 1 atom stereocenters. The van der Waals surface area contributed by atoms with E-state index in [4.69, 9.17) is 0 Å². The average molecular weight is 332 g/mol. The first kappa shape index (κ1) is 15.6. The van der Waals surface area contributed by atoms with Crippen LogP contribution in [0.2, 0.25) is 0 Å². The highest BCUT2D eigenvalue weighted by Crippen LogP contribution is 2.29. The summed E-state index contributed by atoms with van der Waals surface area (Å²) in [6.07, 6.45) is 3.65. The maximum Gasteiger partial charge on any atom is 0.226 e. The number of aryl methyl sites for hydroxylation is 1. The molecule has 0 saturated heterocycles. The highest BCUT2D eigenvalue weighted by Gasteiger charge is 2.21. The Morgan fingerprint density at radius 3 is 3.18 bits per heavy atom. The van der Waals surface area contributed by atoms with Gasteiger partial charge in [-0.3, -0.25) is 4.79 Å². The molecule has 3 nitrogen and oxygen atoms in total. The van der Waals surface area contributed by atoms with Crippen LogP contribution in [-0.2, 0) is 17.6 Å². The van der Waals surface area contributed by atoms with Crippen molar-refractivity contribution in [2.45, 2.75) is 43.0 Å². The Morgan fingerprint density at radius 2 is 2.32 bits per heavy atom. The van der Waals surface area contributed by atoms with Gasteiger partial charge in [0, 0.05) is 5.38 Å². The first-order chi connectivity index (χ1) is 10.8. The van der Waals surface area contributed by atoms with E-state index >= 15 is 0 Å². The van der Waals surface area contributed by atoms with E-state index in [2.05, 4.69) is 41.5 Å². The molecule has 0 aliphatic heterocycles. The smallest absolute Gasteiger partial charge is 0.226 e. The van der Waals surface area contributed by atoms with Crippen molar-refractivity contribution in [1.82, 2.24) is 10.3 Å². The van der Waals surface area contributed by atoms with Crippen LogP contribution in [0.1, 0.15) is 42.6 Å². The SMILES string of the molecule is CCSc1nc(CC(=O)NC2CCCc3ccccc32)cs1. The molecule has 3 rings (SSSR count). The minimum absolute atomic E-state index is 0.0695. The third-order valence-corrected chi connectivity index (χ3v) is 5.80. The lowest BCUT2D eigenvalue weighted by Crippen LogP contribution is -2.32. The number of aromatic nitrogens is 1. The van der Waals surface area contributed by atoms with Crippen molar-refractivity contribution in [1.29, 1.82) is 0 Å². The van der Waals surface area contributed by atoms with Crippen molar-refractivity contribution in [3.63, 3.8) is 0 Å². The molecule has 2 aromatic rings. The number of carbonyl (C=O) groups is 1. The molecule has 0 saturated carbocycles. The van der Waals surface area contributed by atoms with Crippen molar-refractivity contribution in [2.75, 3.05) is 5.75 Å². The minimum Gasteiger partial charge on any atom is -0.349 e. The molecule has 1 amide bonds. The van der Waals surface area contributed by atoms with E-state index in [1.165, 1.54) is 11.1 Å². The molecule has 0 spiro atoms. The number of nitrogens with one attached hydrogen (secondary N) is 1. The summed E-state index contributed by atoms with van der Waals surface area (Å²) in [6.45, 7) is 2.11. The van der Waals surface area contributed by atoms with Crippen LogP contribution in [-0.4, -0.2) is 16.6 Å². The number of rotatable bonds is 5. The van der Waals surface area contributed by atoms with Crippen LogP contribution in [0.4, 0.5) is 0 Å². The second kappa shape index (κ2) is 7.29. The summed E-state index contributed by atoms with van der Waals surface area (Å²) in [5, 5.41) is 5.18. The van der Waals surface area contributed by atoms with Gasteiger partial charge in [-0.05, 0) is 36.1 Å². The zero-order valence-corrected chi connectivity index (χ0v) is 14.3. The van der Waals surface area contributed by atoms with Gasteiger partial charge in [-0.1, -0.05) is 43.0 Å². The fourth-order valence-corrected chi connectivity index (χ4v) is 4.61. The lowest BCUT2D eigenvalue weighted by atomic mass is 9.87. The van der Waals surface area contributed by atoms with Crippen molar-refractivity contribution in [3.05, 3.63) is 46.5 Å². The van der Waals surface area contributed by atoms with Crippen LogP contribution >= 0.6 is 23.1 Å². The number of thiazole rings is 1. The van der Waals surface area contributed by atoms with Crippen LogP contribution in [0, 0.1) is 0 Å². The zero-order chi connectivity index (χ0) is 15.4. The molecule has 5 heteroatoms. The summed E-state index contributed by atoms with van der Waals surface area (Å²) < 4.78 is 1.05. The maximum atomic E-state index is 12.3. The number of amides is 1. The molecule has 22 heavy (non-hydrogen) atoms. The van der Waals surface area contributed by atoms with Gasteiger partial charge in [0.05, 0.1) is 18.2 Å². The number of nitrogens with zero attached hydrogens (tertiary/aromatic N) is 1. The van der Waals surface area contributed by atoms with E-state index in [0.717, 1.165) is 35.0 Å². The second-order valence-electron chi connectivity index (χ2n) is 5.43. The van der Waals surface area contributed by atoms with Gasteiger partial charge < -0.3 is 5.32 Å². The van der Waals surface area contributed by atoms with Crippen molar-refractivity contribution in [3.8, 4) is 0 Å². The van der Waals surface area contributed by atoms with Gasteiger partial charge in [0.15, 0.2) is 0 Å². The molecule has 1 aliphatic carbocycles. The molecular formula is C17H20N2OS2. The fourth-order valence-electron chi connectivity index (χ4n) is 2.87. The predicted octanol–water partition coefficient (Wildman–Crippen LogP) is 3.99. The number of hydrogen-bond donors (Lipinski definition) is 1. The highest BCUT2D eigenvalue weighted by molar-refractivity contribution is 8.00. The van der Waals surface area contributed by atoms with E-state index in [9.17, 15) is 4.79 Å². The van der Waals surface area contributed by atoms with E-state index in [1.54, 1.807) is 23.1 Å². The Kier molecular flexibility index (Phi) is 5.16. The molecular weight excluding hydrogens is 312 g/mol. The molecule has 116 valence electrons. The molecule has 1 unspecified atom stereocenters.